The van der Waals surface area contributed by atoms with Crippen LogP contribution < -0.4 is 10.1 Å². The number of benzene rings is 2. The van der Waals surface area contributed by atoms with Crippen molar-refractivity contribution in [2.24, 2.45) is 0 Å². The lowest BCUT2D eigenvalue weighted by molar-refractivity contribution is 0.102. The van der Waals surface area contributed by atoms with Gasteiger partial charge in [0.15, 0.2) is 0 Å². The average molecular weight is 473 g/mol. The van der Waals surface area contributed by atoms with E-state index in [1.54, 1.807) is 31.2 Å². The Balaban J connectivity index is 1.68. The Labute approximate surface area is 193 Å². The second kappa shape index (κ2) is 11.1. The summed E-state index contributed by atoms with van der Waals surface area (Å²) in [6.07, 6.45) is 1.69. The van der Waals surface area contributed by atoms with Gasteiger partial charge in [0.1, 0.15) is 5.75 Å². The first-order valence-corrected chi connectivity index (χ1v) is 12.3. The Morgan fingerprint density at radius 1 is 1.03 bits per heavy atom. The number of hydrogen-bond acceptors (Lipinski definition) is 7. The van der Waals surface area contributed by atoms with Crippen molar-refractivity contribution in [1.29, 1.82) is 0 Å². The third-order valence-corrected chi connectivity index (χ3v) is 6.91. The molecule has 10 heteroatoms. The summed E-state index contributed by atoms with van der Waals surface area (Å²) >= 11 is 0. The highest BCUT2D eigenvalue weighted by atomic mass is 32.2. The molecule has 0 saturated heterocycles. The normalized spacial score (nSPS) is 11.5. The zero-order chi connectivity index (χ0) is 23.8. The van der Waals surface area contributed by atoms with Crippen molar-refractivity contribution in [3.05, 3.63) is 54.1 Å². The molecular weight excluding hydrogens is 444 g/mol. The molecule has 1 heterocycles. The van der Waals surface area contributed by atoms with Crippen LogP contribution in [-0.2, 0) is 10.0 Å². The van der Waals surface area contributed by atoms with Gasteiger partial charge >= 0.3 is 6.01 Å². The van der Waals surface area contributed by atoms with E-state index in [9.17, 15) is 13.2 Å². The number of unbranched alkanes of at least 4 members (excludes halogenated alkanes) is 1. The van der Waals surface area contributed by atoms with Crippen LogP contribution in [0.2, 0.25) is 0 Å². The molecule has 3 rings (SSSR count). The zero-order valence-electron chi connectivity index (χ0n) is 18.9. The van der Waals surface area contributed by atoms with E-state index in [1.165, 1.54) is 28.6 Å². The summed E-state index contributed by atoms with van der Waals surface area (Å²) in [6, 6.07) is 12.9. The molecule has 0 spiro atoms. The van der Waals surface area contributed by atoms with Crippen LogP contribution in [0.3, 0.4) is 0 Å². The monoisotopic (exact) mass is 472 g/mol. The lowest BCUT2D eigenvalue weighted by Crippen LogP contribution is -2.31. The summed E-state index contributed by atoms with van der Waals surface area (Å²) in [6.45, 7) is 7.14. The van der Waals surface area contributed by atoms with Gasteiger partial charge in [0, 0.05) is 24.2 Å². The van der Waals surface area contributed by atoms with Crippen LogP contribution in [0.1, 0.15) is 44.0 Å². The second-order valence-corrected chi connectivity index (χ2v) is 9.14. The number of sulfonamides is 1. The van der Waals surface area contributed by atoms with E-state index in [2.05, 4.69) is 15.5 Å². The highest BCUT2D eigenvalue weighted by molar-refractivity contribution is 7.89. The number of carbonyl (C=O) groups excluding carboxylic acids is 1. The van der Waals surface area contributed by atoms with E-state index in [1.807, 2.05) is 13.8 Å². The topological polar surface area (TPSA) is 115 Å². The van der Waals surface area contributed by atoms with Gasteiger partial charge in [0.05, 0.1) is 11.5 Å². The zero-order valence-corrected chi connectivity index (χ0v) is 19.8. The minimum Gasteiger partial charge on any atom is -0.494 e. The van der Waals surface area contributed by atoms with E-state index < -0.39 is 15.9 Å². The van der Waals surface area contributed by atoms with Gasteiger partial charge < -0.3 is 9.15 Å². The molecule has 0 radical (unpaired) electrons. The minimum absolute atomic E-state index is 0.0580. The van der Waals surface area contributed by atoms with Crippen molar-refractivity contribution in [3.8, 4) is 17.2 Å². The molecule has 9 nitrogen and oxygen atoms in total. The Hall–Kier alpha value is -3.24. The van der Waals surface area contributed by atoms with Crippen LogP contribution in [0.25, 0.3) is 11.5 Å². The third-order valence-electron chi connectivity index (χ3n) is 4.93. The van der Waals surface area contributed by atoms with Crippen molar-refractivity contribution >= 4 is 21.9 Å². The first-order valence-electron chi connectivity index (χ1n) is 10.9. The Morgan fingerprint density at radius 3 is 2.33 bits per heavy atom. The Bertz CT molecular complexity index is 1160. The maximum Gasteiger partial charge on any atom is 0.322 e. The molecule has 33 heavy (non-hydrogen) atoms. The predicted octanol–water partition coefficient (Wildman–Crippen LogP) is 4.20. The first-order chi connectivity index (χ1) is 15.9. The van der Waals surface area contributed by atoms with E-state index >= 15 is 0 Å². The fourth-order valence-corrected chi connectivity index (χ4v) is 4.62. The molecule has 1 amide bonds. The lowest BCUT2D eigenvalue weighted by Gasteiger charge is -2.20. The smallest absolute Gasteiger partial charge is 0.322 e. The molecule has 1 aromatic heterocycles. The lowest BCUT2D eigenvalue weighted by atomic mass is 10.2. The molecule has 1 N–H and O–H groups in total. The van der Waals surface area contributed by atoms with Crippen molar-refractivity contribution < 1.29 is 22.4 Å². The molecular formula is C23H28N4O5S. The van der Waals surface area contributed by atoms with Crippen LogP contribution in [0.15, 0.2) is 57.8 Å². The molecule has 0 unspecified atom stereocenters. The molecule has 0 aliphatic carbocycles. The largest absolute Gasteiger partial charge is 0.494 e. The van der Waals surface area contributed by atoms with Gasteiger partial charge in [-0.25, -0.2) is 8.42 Å². The van der Waals surface area contributed by atoms with Gasteiger partial charge in [-0.3, -0.25) is 10.1 Å². The number of carbonyl (C=O) groups is 1. The maximum atomic E-state index is 12.8. The quantitative estimate of drug-likeness (QED) is 0.445. The van der Waals surface area contributed by atoms with Gasteiger partial charge in [0.2, 0.25) is 15.9 Å². The Morgan fingerprint density at radius 2 is 1.73 bits per heavy atom. The summed E-state index contributed by atoms with van der Waals surface area (Å²) in [7, 11) is -3.61. The molecule has 0 aliphatic heterocycles. The SMILES string of the molecule is CCCCN(CC)S(=O)(=O)c1ccc(C(=O)Nc2nnc(-c3ccc(OCC)cc3)o2)cc1. The minimum atomic E-state index is -3.61. The molecule has 0 atom stereocenters. The number of nitrogens with one attached hydrogen (secondary N) is 1. The summed E-state index contributed by atoms with van der Waals surface area (Å²) in [5.74, 6) is 0.493. The van der Waals surface area contributed by atoms with Crippen molar-refractivity contribution in [2.45, 2.75) is 38.5 Å². The first kappa shape index (κ1) is 24.4. The number of nitrogens with zero attached hydrogens (tertiary/aromatic N) is 3. The van der Waals surface area contributed by atoms with E-state index in [0.717, 1.165) is 18.6 Å². The molecule has 0 saturated carbocycles. The number of aromatic nitrogens is 2. The van der Waals surface area contributed by atoms with Crippen LogP contribution in [0.5, 0.6) is 5.75 Å². The van der Waals surface area contributed by atoms with Crippen molar-refractivity contribution in [1.82, 2.24) is 14.5 Å². The van der Waals surface area contributed by atoms with Gasteiger partial charge in [-0.05, 0) is 61.9 Å². The van der Waals surface area contributed by atoms with E-state index in [4.69, 9.17) is 9.15 Å². The molecule has 176 valence electrons. The molecule has 0 bridgehead atoms. The van der Waals surface area contributed by atoms with Gasteiger partial charge in [-0.2, -0.15) is 4.31 Å². The van der Waals surface area contributed by atoms with Crippen LogP contribution in [-0.4, -0.2) is 48.5 Å². The molecule has 0 aliphatic rings. The number of hydrogen-bond donors (Lipinski definition) is 1. The number of anilines is 1. The van der Waals surface area contributed by atoms with Gasteiger partial charge in [-0.15, -0.1) is 5.10 Å². The number of rotatable bonds is 11. The summed E-state index contributed by atoms with van der Waals surface area (Å²) < 4.78 is 38.0. The van der Waals surface area contributed by atoms with Crippen LogP contribution in [0, 0.1) is 0 Å². The van der Waals surface area contributed by atoms with Crippen LogP contribution >= 0.6 is 0 Å². The fraction of sp³-hybridized carbons (Fsp3) is 0.348. The number of amides is 1. The average Bonchev–Trinajstić information content (AvgIpc) is 3.28. The van der Waals surface area contributed by atoms with E-state index in [-0.39, 0.29) is 22.4 Å². The standard InChI is InChI=1S/C23H28N4O5S/c1-4-7-16-27(5-2)33(29,30)20-14-10-17(11-15-20)21(28)24-23-26-25-22(32-23)18-8-12-19(13-9-18)31-6-3/h8-15H,4-7,16H2,1-3H3,(H,24,26,28). The summed E-state index contributed by atoms with van der Waals surface area (Å²) in [4.78, 5) is 12.7. The van der Waals surface area contributed by atoms with Crippen LogP contribution in [0.4, 0.5) is 6.01 Å². The molecule has 3 aromatic rings. The third kappa shape index (κ3) is 5.96. The maximum absolute atomic E-state index is 12.8. The number of ether oxygens (including phenoxy) is 1. The van der Waals surface area contributed by atoms with Crippen molar-refractivity contribution in [2.75, 3.05) is 25.0 Å². The van der Waals surface area contributed by atoms with Gasteiger partial charge in [-0.1, -0.05) is 25.4 Å². The van der Waals surface area contributed by atoms with Crippen molar-refractivity contribution in [3.63, 3.8) is 0 Å². The Kier molecular flexibility index (Phi) is 8.18. The molecule has 2 aromatic carbocycles. The summed E-state index contributed by atoms with van der Waals surface area (Å²) in [5, 5.41) is 10.3. The highest BCUT2D eigenvalue weighted by Gasteiger charge is 2.23. The van der Waals surface area contributed by atoms with E-state index in [0.29, 0.717) is 25.3 Å². The summed E-state index contributed by atoms with van der Waals surface area (Å²) in [5.41, 5.74) is 0.955. The highest BCUT2D eigenvalue weighted by Crippen LogP contribution is 2.23. The second-order valence-electron chi connectivity index (χ2n) is 7.20. The predicted molar refractivity (Wildman–Crippen MR) is 125 cm³/mol. The molecule has 0 fully saturated rings. The van der Waals surface area contributed by atoms with Gasteiger partial charge in [0.25, 0.3) is 5.91 Å². The fourth-order valence-electron chi connectivity index (χ4n) is 3.13.